The summed E-state index contributed by atoms with van der Waals surface area (Å²) in [6.07, 6.45) is 2.62. The minimum atomic E-state index is -1.28. The van der Waals surface area contributed by atoms with Crippen molar-refractivity contribution >= 4 is 17.5 Å². The van der Waals surface area contributed by atoms with Crippen LogP contribution in [0.2, 0.25) is 0 Å². The van der Waals surface area contributed by atoms with Crippen LogP contribution >= 0.6 is 0 Å². The van der Waals surface area contributed by atoms with Gasteiger partial charge in [0.2, 0.25) is 0 Å². The average Bonchev–Trinajstić information content (AvgIpc) is 2.81. The summed E-state index contributed by atoms with van der Waals surface area (Å²) in [5, 5.41) is 26.5. The van der Waals surface area contributed by atoms with E-state index in [4.69, 9.17) is 5.11 Å². The molecule has 0 aliphatic carbocycles. The van der Waals surface area contributed by atoms with E-state index in [1.165, 1.54) is 0 Å². The predicted octanol–water partition coefficient (Wildman–Crippen LogP) is 1.03. The van der Waals surface area contributed by atoms with E-state index < -0.39 is 10.9 Å². The molecule has 0 amide bonds. The molecule has 9 heteroatoms. The Labute approximate surface area is 113 Å². The number of rotatable bonds is 5. The second kappa shape index (κ2) is 5.34. The van der Waals surface area contributed by atoms with Crippen LogP contribution in [0.4, 0.5) is 11.5 Å². The fraction of sp³-hybridized carbons (Fsp3) is 0.182. The van der Waals surface area contributed by atoms with Crippen molar-refractivity contribution < 1.29 is 14.8 Å². The maximum Gasteiger partial charge on any atom is 0.339 e. The summed E-state index contributed by atoms with van der Waals surface area (Å²) in [6.45, 7) is 0.307. The van der Waals surface area contributed by atoms with Crippen LogP contribution < -0.4 is 5.32 Å². The van der Waals surface area contributed by atoms with Gasteiger partial charge < -0.3 is 10.4 Å². The first-order valence-electron chi connectivity index (χ1n) is 5.57. The second-order valence-corrected chi connectivity index (χ2v) is 3.95. The van der Waals surface area contributed by atoms with Crippen LogP contribution in [-0.2, 0) is 13.6 Å². The Bertz CT molecular complexity index is 667. The number of carbonyl (C=O) groups is 1. The maximum atomic E-state index is 11.1. The highest BCUT2D eigenvalue weighted by atomic mass is 16.6. The van der Waals surface area contributed by atoms with Crippen molar-refractivity contribution in [3.63, 3.8) is 0 Å². The number of aryl methyl sites for hydroxylation is 1. The second-order valence-electron chi connectivity index (χ2n) is 3.95. The van der Waals surface area contributed by atoms with Gasteiger partial charge in [-0.25, -0.2) is 9.78 Å². The van der Waals surface area contributed by atoms with E-state index >= 15 is 0 Å². The smallest absolute Gasteiger partial charge is 0.339 e. The number of aromatic carboxylic acids is 1. The molecule has 0 bridgehead atoms. The minimum absolute atomic E-state index is 0.0734. The molecule has 0 aromatic carbocycles. The number of carboxylic acids is 1. The van der Waals surface area contributed by atoms with E-state index in [0.717, 1.165) is 18.0 Å². The number of hydrogen-bond donors (Lipinski definition) is 2. The monoisotopic (exact) mass is 277 g/mol. The third-order valence-corrected chi connectivity index (χ3v) is 2.67. The van der Waals surface area contributed by atoms with Gasteiger partial charge >= 0.3 is 5.97 Å². The minimum Gasteiger partial charge on any atom is -0.478 e. The standard InChI is InChI=1S/C11H11N5O4/c1-15-7(2-3-14-15)5-12-10-9(11(17)18)4-8(6-13-10)16(19)20/h2-4,6H,5H2,1H3,(H,12,13)(H,17,18). The Balaban J connectivity index is 2.25. The van der Waals surface area contributed by atoms with Crippen LogP contribution in [0.15, 0.2) is 24.5 Å². The number of aromatic nitrogens is 3. The molecule has 2 heterocycles. The molecule has 0 aliphatic rings. The molecule has 0 radical (unpaired) electrons. The fourth-order valence-corrected chi connectivity index (χ4v) is 1.61. The van der Waals surface area contributed by atoms with Crippen LogP contribution in [0.1, 0.15) is 16.1 Å². The molecule has 0 unspecified atom stereocenters. The van der Waals surface area contributed by atoms with Crippen molar-refractivity contribution in [3.8, 4) is 0 Å². The summed E-state index contributed by atoms with van der Waals surface area (Å²) in [5.74, 6) is -1.21. The molecular weight excluding hydrogens is 266 g/mol. The normalized spacial score (nSPS) is 10.2. The van der Waals surface area contributed by atoms with Gasteiger partial charge in [0.15, 0.2) is 0 Å². The molecule has 0 atom stereocenters. The summed E-state index contributed by atoms with van der Waals surface area (Å²) in [5.41, 5.74) is 0.205. The lowest BCUT2D eigenvalue weighted by Gasteiger charge is -2.08. The van der Waals surface area contributed by atoms with Crippen molar-refractivity contribution in [2.24, 2.45) is 7.05 Å². The van der Waals surface area contributed by atoms with Crippen LogP contribution in [-0.4, -0.2) is 30.8 Å². The largest absolute Gasteiger partial charge is 0.478 e. The molecule has 2 N–H and O–H groups in total. The van der Waals surface area contributed by atoms with Gasteiger partial charge in [-0.1, -0.05) is 0 Å². The number of nitrogens with zero attached hydrogens (tertiary/aromatic N) is 4. The third-order valence-electron chi connectivity index (χ3n) is 2.67. The van der Waals surface area contributed by atoms with E-state index in [1.54, 1.807) is 24.0 Å². The van der Waals surface area contributed by atoms with Gasteiger partial charge in [0.25, 0.3) is 5.69 Å². The van der Waals surface area contributed by atoms with Gasteiger partial charge in [-0.3, -0.25) is 14.8 Å². The summed E-state index contributed by atoms with van der Waals surface area (Å²) >= 11 is 0. The first-order valence-corrected chi connectivity index (χ1v) is 5.57. The molecule has 2 rings (SSSR count). The number of nitro groups is 1. The van der Waals surface area contributed by atoms with Gasteiger partial charge in [-0.05, 0) is 6.07 Å². The van der Waals surface area contributed by atoms with Gasteiger partial charge in [-0.2, -0.15) is 5.10 Å². The summed E-state index contributed by atoms with van der Waals surface area (Å²) in [6, 6.07) is 2.74. The zero-order chi connectivity index (χ0) is 14.7. The quantitative estimate of drug-likeness (QED) is 0.618. The van der Waals surface area contributed by atoms with Crippen molar-refractivity contribution in [2.75, 3.05) is 5.32 Å². The molecular formula is C11H11N5O4. The molecule has 2 aromatic rings. The summed E-state index contributed by atoms with van der Waals surface area (Å²) in [7, 11) is 1.75. The van der Waals surface area contributed by atoms with E-state index in [1.807, 2.05) is 0 Å². The molecule has 0 aliphatic heterocycles. The first-order chi connectivity index (χ1) is 9.49. The lowest BCUT2D eigenvalue weighted by molar-refractivity contribution is -0.385. The zero-order valence-corrected chi connectivity index (χ0v) is 10.5. The Kier molecular flexibility index (Phi) is 3.60. The fourth-order valence-electron chi connectivity index (χ4n) is 1.61. The number of pyridine rings is 1. The number of carboxylic acid groups (broad SMARTS) is 1. The lowest BCUT2D eigenvalue weighted by atomic mass is 10.2. The summed E-state index contributed by atoms with van der Waals surface area (Å²) < 4.78 is 1.62. The predicted molar refractivity (Wildman–Crippen MR) is 68.4 cm³/mol. The highest BCUT2D eigenvalue weighted by Crippen LogP contribution is 2.19. The topological polar surface area (TPSA) is 123 Å². The number of anilines is 1. The summed E-state index contributed by atoms with van der Waals surface area (Å²) in [4.78, 5) is 24.8. The molecule has 0 saturated carbocycles. The van der Waals surface area contributed by atoms with Gasteiger partial charge in [0.1, 0.15) is 17.6 Å². The SMILES string of the molecule is Cn1nccc1CNc1ncc([N+](=O)[O-])cc1C(=O)O. The van der Waals surface area contributed by atoms with E-state index in [0.29, 0.717) is 6.54 Å². The Morgan fingerprint density at radius 3 is 2.90 bits per heavy atom. The van der Waals surface area contributed by atoms with Crippen molar-refractivity contribution in [2.45, 2.75) is 6.54 Å². The van der Waals surface area contributed by atoms with Crippen molar-refractivity contribution in [3.05, 3.63) is 45.9 Å². The van der Waals surface area contributed by atoms with E-state index in [9.17, 15) is 14.9 Å². The first kappa shape index (κ1) is 13.5. The third kappa shape index (κ3) is 2.71. The highest BCUT2D eigenvalue weighted by molar-refractivity contribution is 5.93. The molecule has 104 valence electrons. The van der Waals surface area contributed by atoms with Crippen LogP contribution in [0.5, 0.6) is 0 Å². The molecule has 0 saturated heterocycles. The van der Waals surface area contributed by atoms with E-state index in [2.05, 4.69) is 15.4 Å². The van der Waals surface area contributed by atoms with Crippen LogP contribution in [0.3, 0.4) is 0 Å². The number of nitrogens with one attached hydrogen (secondary N) is 1. The molecule has 0 spiro atoms. The average molecular weight is 277 g/mol. The van der Waals surface area contributed by atoms with Gasteiger partial charge in [0, 0.05) is 19.3 Å². The lowest BCUT2D eigenvalue weighted by Crippen LogP contribution is -2.11. The van der Waals surface area contributed by atoms with Gasteiger partial charge in [0.05, 0.1) is 17.2 Å². The van der Waals surface area contributed by atoms with Crippen molar-refractivity contribution in [1.82, 2.24) is 14.8 Å². The maximum absolute atomic E-state index is 11.1. The zero-order valence-electron chi connectivity index (χ0n) is 10.5. The van der Waals surface area contributed by atoms with E-state index in [-0.39, 0.29) is 17.1 Å². The molecule has 0 fully saturated rings. The Morgan fingerprint density at radius 1 is 1.60 bits per heavy atom. The van der Waals surface area contributed by atoms with Crippen LogP contribution in [0.25, 0.3) is 0 Å². The molecule has 9 nitrogen and oxygen atoms in total. The highest BCUT2D eigenvalue weighted by Gasteiger charge is 2.17. The Hall–Kier alpha value is -2.97. The number of hydrogen-bond acceptors (Lipinski definition) is 6. The van der Waals surface area contributed by atoms with Crippen molar-refractivity contribution in [1.29, 1.82) is 0 Å². The van der Waals surface area contributed by atoms with Crippen LogP contribution in [0, 0.1) is 10.1 Å². The van der Waals surface area contributed by atoms with Gasteiger partial charge in [-0.15, -0.1) is 0 Å². The molecule has 20 heavy (non-hydrogen) atoms. The molecule has 2 aromatic heterocycles. The Morgan fingerprint density at radius 2 is 2.35 bits per heavy atom.